The molecule has 4 aromatic rings. The molecule has 0 aliphatic carbocycles. The van der Waals surface area contributed by atoms with Gasteiger partial charge >= 0.3 is 12.2 Å². The number of hydrogen-bond donors (Lipinski definition) is 1. The molecule has 1 N–H and O–H groups in total. The molecule has 3 aromatic carbocycles. The van der Waals surface area contributed by atoms with Crippen LogP contribution in [-0.4, -0.2) is 34.0 Å². The maximum absolute atomic E-state index is 14.2. The predicted molar refractivity (Wildman–Crippen MR) is 149 cm³/mol. The van der Waals surface area contributed by atoms with Crippen molar-refractivity contribution in [3.63, 3.8) is 0 Å². The van der Waals surface area contributed by atoms with Gasteiger partial charge in [0.25, 0.3) is 0 Å². The molecule has 3 amide bonds. The van der Waals surface area contributed by atoms with Crippen LogP contribution >= 0.6 is 0 Å². The van der Waals surface area contributed by atoms with Gasteiger partial charge in [-0.05, 0) is 62.7 Å². The lowest BCUT2D eigenvalue weighted by atomic mass is 9.97. The van der Waals surface area contributed by atoms with Gasteiger partial charge in [0.05, 0.1) is 28.3 Å². The fourth-order valence-electron chi connectivity index (χ4n) is 5.06. The van der Waals surface area contributed by atoms with Crippen molar-refractivity contribution in [3.05, 3.63) is 114 Å². The smallest absolute Gasteiger partial charge is 0.316 e. The number of halogens is 3. The lowest BCUT2D eigenvalue weighted by Crippen LogP contribution is -2.49. The zero-order chi connectivity index (χ0) is 28.6. The first-order valence-corrected chi connectivity index (χ1v) is 13.0. The van der Waals surface area contributed by atoms with E-state index in [0.717, 1.165) is 28.6 Å². The molecule has 6 nitrogen and oxygen atoms in total. The minimum absolute atomic E-state index is 0.338. The molecule has 1 aliphatic heterocycles. The minimum atomic E-state index is -4.64. The maximum atomic E-state index is 14.2. The summed E-state index contributed by atoms with van der Waals surface area (Å²) < 4.78 is 42.7. The van der Waals surface area contributed by atoms with Crippen molar-refractivity contribution in [1.82, 2.24) is 9.47 Å². The Morgan fingerprint density at radius 1 is 0.900 bits per heavy atom. The molecule has 0 saturated carbocycles. The number of urea groups is 1. The van der Waals surface area contributed by atoms with E-state index in [4.69, 9.17) is 0 Å². The van der Waals surface area contributed by atoms with Crippen LogP contribution in [0.3, 0.4) is 0 Å². The van der Waals surface area contributed by atoms with E-state index < -0.39 is 29.9 Å². The van der Waals surface area contributed by atoms with E-state index in [9.17, 15) is 22.8 Å². The molecule has 40 heavy (non-hydrogen) atoms. The average Bonchev–Trinajstić information content (AvgIpc) is 3.41. The zero-order valence-electron chi connectivity index (χ0n) is 22.3. The molecule has 0 saturated heterocycles. The molecule has 9 heteroatoms. The van der Waals surface area contributed by atoms with Crippen molar-refractivity contribution in [1.29, 1.82) is 0 Å². The van der Waals surface area contributed by atoms with Gasteiger partial charge < -0.3 is 14.8 Å². The third-order valence-electron chi connectivity index (χ3n) is 7.05. The van der Waals surface area contributed by atoms with Crippen molar-refractivity contribution in [2.24, 2.45) is 0 Å². The van der Waals surface area contributed by atoms with Gasteiger partial charge in [0.15, 0.2) is 0 Å². The van der Waals surface area contributed by atoms with E-state index in [-0.39, 0.29) is 18.1 Å². The van der Waals surface area contributed by atoms with Crippen LogP contribution in [0.4, 0.5) is 29.3 Å². The van der Waals surface area contributed by atoms with Crippen LogP contribution in [0.25, 0.3) is 5.69 Å². The summed E-state index contributed by atoms with van der Waals surface area (Å²) in [6, 6.07) is 22.4. The first-order valence-electron chi connectivity index (χ1n) is 13.0. The number of aryl methyl sites for hydroxylation is 1. The molecule has 0 radical (unpaired) electrons. The summed E-state index contributed by atoms with van der Waals surface area (Å²) in [5.41, 5.74) is 3.03. The third-order valence-corrected chi connectivity index (χ3v) is 7.05. The van der Waals surface area contributed by atoms with E-state index >= 15 is 0 Å². The van der Waals surface area contributed by atoms with Gasteiger partial charge in [-0.3, -0.25) is 9.69 Å². The second-order valence-electron chi connectivity index (χ2n) is 10.1. The predicted octanol–water partition coefficient (Wildman–Crippen LogP) is 7.18. The quantitative estimate of drug-likeness (QED) is 0.288. The summed E-state index contributed by atoms with van der Waals surface area (Å²) in [5.74, 6) is -0.363. The highest BCUT2D eigenvalue weighted by molar-refractivity contribution is 6.01. The van der Waals surface area contributed by atoms with Crippen LogP contribution in [0.15, 0.2) is 91.1 Å². The van der Waals surface area contributed by atoms with Gasteiger partial charge in [0, 0.05) is 12.2 Å². The first kappa shape index (κ1) is 27.1. The van der Waals surface area contributed by atoms with E-state index in [1.807, 2.05) is 78.4 Å². The van der Waals surface area contributed by atoms with Crippen LogP contribution in [0, 0.1) is 6.92 Å². The standard InChI is InChI=1S/C31H29F3N4O2/c1-20(2)37(30(40)35-24-10-5-4-9-23(24)31(32,33)34)19-28(39)38-26-12-7-6-11-25(26)36-18-8-13-27(36)29(38)22-16-14-21(3)15-17-22/h4-18,20,29H,19H2,1-3H3,(H,35,40). The molecule has 1 atom stereocenters. The number of hydrogen-bond acceptors (Lipinski definition) is 2. The van der Waals surface area contributed by atoms with Crippen LogP contribution in [0.2, 0.25) is 0 Å². The number of para-hydroxylation sites is 3. The van der Waals surface area contributed by atoms with Crippen LogP contribution in [0.1, 0.15) is 42.3 Å². The van der Waals surface area contributed by atoms with Crippen LogP contribution in [0.5, 0.6) is 0 Å². The lowest BCUT2D eigenvalue weighted by molar-refractivity contribution is -0.137. The molecule has 1 unspecified atom stereocenters. The molecule has 1 aromatic heterocycles. The SMILES string of the molecule is Cc1ccc(C2c3cccn3-c3ccccc3N2C(=O)CN(C(=O)Nc2ccccc2C(F)(F)F)C(C)C)cc1. The molecule has 5 rings (SSSR count). The van der Waals surface area contributed by atoms with Gasteiger partial charge in [0.2, 0.25) is 5.91 Å². The van der Waals surface area contributed by atoms with Crippen molar-refractivity contribution < 1.29 is 22.8 Å². The third kappa shape index (κ3) is 5.06. The summed E-state index contributed by atoms with van der Waals surface area (Å²) in [6.07, 6.45) is -2.70. The highest BCUT2D eigenvalue weighted by atomic mass is 19.4. The number of amides is 3. The summed E-state index contributed by atoms with van der Waals surface area (Å²) in [5, 5.41) is 2.38. The topological polar surface area (TPSA) is 57.6 Å². The average molecular weight is 547 g/mol. The highest BCUT2D eigenvalue weighted by Gasteiger charge is 2.38. The summed E-state index contributed by atoms with van der Waals surface area (Å²) in [7, 11) is 0. The van der Waals surface area contributed by atoms with E-state index in [1.165, 1.54) is 23.1 Å². The molecule has 1 aliphatic rings. The lowest BCUT2D eigenvalue weighted by Gasteiger charge is -2.40. The molecule has 0 fully saturated rings. The van der Waals surface area contributed by atoms with Crippen LogP contribution < -0.4 is 10.2 Å². The fourth-order valence-corrected chi connectivity index (χ4v) is 5.06. The Balaban J connectivity index is 1.51. The number of fused-ring (bicyclic) bond motifs is 3. The van der Waals surface area contributed by atoms with Gasteiger partial charge in [0.1, 0.15) is 12.6 Å². The summed E-state index contributed by atoms with van der Waals surface area (Å²) in [4.78, 5) is 30.4. The monoisotopic (exact) mass is 546 g/mol. The second-order valence-corrected chi connectivity index (χ2v) is 10.1. The molecule has 2 heterocycles. The van der Waals surface area contributed by atoms with E-state index in [2.05, 4.69) is 5.32 Å². The first-order chi connectivity index (χ1) is 19.1. The number of nitrogens with zero attached hydrogens (tertiary/aromatic N) is 3. The molecule has 0 bridgehead atoms. The molecular weight excluding hydrogens is 517 g/mol. The van der Waals surface area contributed by atoms with Gasteiger partial charge in [-0.2, -0.15) is 13.2 Å². The molecule has 0 spiro atoms. The largest absolute Gasteiger partial charge is 0.418 e. The number of carbonyl (C=O) groups is 2. The fraction of sp³-hybridized carbons (Fsp3) is 0.226. The zero-order valence-corrected chi connectivity index (χ0v) is 22.3. The van der Waals surface area contributed by atoms with Crippen molar-refractivity contribution in [3.8, 4) is 5.69 Å². The maximum Gasteiger partial charge on any atom is 0.418 e. The number of benzene rings is 3. The van der Waals surface area contributed by atoms with E-state index in [1.54, 1.807) is 18.7 Å². The number of nitrogens with one attached hydrogen (secondary N) is 1. The Morgan fingerprint density at radius 2 is 1.55 bits per heavy atom. The Hall–Kier alpha value is -4.53. The Morgan fingerprint density at radius 3 is 2.23 bits per heavy atom. The summed E-state index contributed by atoms with van der Waals surface area (Å²) in [6.45, 7) is 5.08. The number of rotatable bonds is 5. The Kier molecular flexibility index (Phi) is 7.14. The van der Waals surface area contributed by atoms with Gasteiger partial charge in [-0.15, -0.1) is 0 Å². The van der Waals surface area contributed by atoms with Gasteiger partial charge in [-0.1, -0.05) is 54.1 Å². The molecular formula is C31H29F3N4O2. The highest BCUT2D eigenvalue weighted by Crippen LogP contribution is 2.42. The molecule has 206 valence electrons. The number of carbonyl (C=O) groups excluding carboxylic acids is 2. The van der Waals surface area contributed by atoms with Crippen molar-refractivity contribution >= 4 is 23.3 Å². The van der Waals surface area contributed by atoms with Crippen molar-refractivity contribution in [2.75, 3.05) is 16.8 Å². The number of alkyl halides is 3. The normalized spacial score (nSPS) is 14.5. The minimum Gasteiger partial charge on any atom is -0.316 e. The number of anilines is 2. The van der Waals surface area contributed by atoms with E-state index in [0.29, 0.717) is 5.69 Å². The van der Waals surface area contributed by atoms with Crippen molar-refractivity contribution in [2.45, 2.75) is 39.0 Å². The van der Waals surface area contributed by atoms with Gasteiger partial charge in [-0.25, -0.2) is 4.79 Å². The van der Waals surface area contributed by atoms with Crippen LogP contribution in [-0.2, 0) is 11.0 Å². The summed E-state index contributed by atoms with van der Waals surface area (Å²) >= 11 is 0. The Labute approximate surface area is 230 Å². The number of aromatic nitrogens is 1. The second kappa shape index (κ2) is 10.6. The Bertz CT molecular complexity index is 1540.